The van der Waals surface area contributed by atoms with Gasteiger partial charge in [-0.25, -0.2) is 0 Å². The number of hydrogen-bond acceptors (Lipinski definition) is 1. The molecule has 0 aliphatic carbocycles. The van der Waals surface area contributed by atoms with Crippen molar-refractivity contribution in [2.45, 2.75) is 40.0 Å². The van der Waals surface area contributed by atoms with Crippen LogP contribution in [0.15, 0.2) is 47.0 Å². The fourth-order valence-electron chi connectivity index (χ4n) is 2.38. The van der Waals surface area contributed by atoms with Crippen molar-refractivity contribution in [2.75, 3.05) is 0 Å². The number of nitrogens with zero attached hydrogens (tertiary/aromatic N) is 1. The van der Waals surface area contributed by atoms with Crippen LogP contribution in [0.25, 0.3) is 5.70 Å². The number of benzene rings is 1. The van der Waals surface area contributed by atoms with E-state index in [0.29, 0.717) is 5.92 Å². The maximum atomic E-state index is 4.69. The van der Waals surface area contributed by atoms with Gasteiger partial charge in [0, 0.05) is 11.8 Å². The van der Waals surface area contributed by atoms with E-state index in [1.807, 2.05) is 6.21 Å². The minimum Gasteiger partial charge on any atom is -0.256 e. The minimum absolute atomic E-state index is 0.449. The van der Waals surface area contributed by atoms with Crippen LogP contribution in [0.4, 0.5) is 0 Å². The second kappa shape index (κ2) is 6.51. The van der Waals surface area contributed by atoms with Gasteiger partial charge in [-0.2, -0.15) is 0 Å². The van der Waals surface area contributed by atoms with Gasteiger partial charge in [0.1, 0.15) is 0 Å². The van der Waals surface area contributed by atoms with Crippen LogP contribution in [0.1, 0.15) is 44.2 Å². The van der Waals surface area contributed by atoms with Crippen molar-refractivity contribution in [1.29, 1.82) is 0 Å². The largest absolute Gasteiger partial charge is 0.256 e. The SMILES string of the molecule is CCCCC1=C[C@H](C)C=C(c2cccc(C)c2)N=C1. The summed E-state index contributed by atoms with van der Waals surface area (Å²) in [4.78, 5) is 4.69. The summed E-state index contributed by atoms with van der Waals surface area (Å²) >= 11 is 0. The van der Waals surface area contributed by atoms with Crippen LogP contribution < -0.4 is 0 Å². The highest BCUT2D eigenvalue weighted by molar-refractivity contribution is 5.86. The van der Waals surface area contributed by atoms with Gasteiger partial charge in [0.15, 0.2) is 0 Å². The molecule has 1 aliphatic heterocycles. The monoisotopic (exact) mass is 253 g/mol. The zero-order valence-electron chi connectivity index (χ0n) is 12.2. The predicted molar refractivity (Wildman–Crippen MR) is 84.4 cm³/mol. The summed E-state index contributed by atoms with van der Waals surface area (Å²) in [6.07, 6.45) is 10.3. The molecule has 19 heavy (non-hydrogen) atoms. The molecule has 0 fully saturated rings. The van der Waals surface area contributed by atoms with Crippen LogP contribution in [0.5, 0.6) is 0 Å². The Kier molecular flexibility index (Phi) is 4.73. The van der Waals surface area contributed by atoms with E-state index < -0.39 is 0 Å². The third-order valence-corrected chi connectivity index (χ3v) is 3.40. The van der Waals surface area contributed by atoms with Crippen molar-refractivity contribution in [3.8, 4) is 0 Å². The standard InChI is InChI=1S/C18H23N/c1-4-5-8-16-10-15(3)12-18(19-13-16)17-9-6-7-14(2)11-17/h6-7,9-13,15H,4-5,8H2,1-3H3/t15-/m0/s1. The normalized spacial score (nSPS) is 18.8. The summed E-state index contributed by atoms with van der Waals surface area (Å²) in [6.45, 7) is 6.59. The topological polar surface area (TPSA) is 12.4 Å². The molecule has 100 valence electrons. The molecule has 1 heterocycles. The van der Waals surface area contributed by atoms with Gasteiger partial charge >= 0.3 is 0 Å². The van der Waals surface area contributed by atoms with Crippen molar-refractivity contribution in [3.63, 3.8) is 0 Å². The van der Waals surface area contributed by atoms with Gasteiger partial charge in [0.05, 0.1) is 5.70 Å². The van der Waals surface area contributed by atoms with E-state index in [2.05, 4.69) is 62.2 Å². The third kappa shape index (κ3) is 3.92. The number of unbranched alkanes of at least 4 members (excludes halogenated alkanes) is 1. The molecule has 1 aromatic rings. The average molecular weight is 253 g/mol. The fourth-order valence-corrected chi connectivity index (χ4v) is 2.38. The average Bonchev–Trinajstić information content (AvgIpc) is 2.58. The zero-order chi connectivity index (χ0) is 13.7. The molecule has 1 atom stereocenters. The van der Waals surface area contributed by atoms with Crippen LogP contribution in [-0.4, -0.2) is 6.21 Å². The highest BCUT2D eigenvalue weighted by Gasteiger charge is 2.07. The molecular weight excluding hydrogens is 230 g/mol. The lowest BCUT2D eigenvalue weighted by Crippen LogP contribution is -1.89. The highest BCUT2D eigenvalue weighted by atomic mass is 14.7. The first-order valence-electron chi connectivity index (χ1n) is 7.22. The Morgan fingerprint density at radius 1 is 1.21 bits per heavy atom. The number of aliphatic imine (C=N–C) groups is 1. The Balaban J connectivity index is 2.21. The summed E-state index contributed by atoms with van der Waals surface area (Å²) < 4.78 is 0. The van der Waals surface area contributed by atoms with Crippen LogP contribution in [0, 0.1) is 12.8 Å². The van der Waals surface area contributed by atoms with Crippen LogP contribution in [0.3, 0.4) is 0 Å². The molecule has 0 radical (unpaired) electrons. The maximum Gasteiger partial charge on any atom is 0.0668 e. The van der Waals surface area contributed by atoms with Gasteiger partial charge < -0.3 is 0 Å². The second-order valence-electron chi connectivity index (χ2n) is 5.38. The van der Waals surface area contributed by atoms with Crippen LogP contribution in [-0.2, 0) is 0 Å². The zero-order valence-corrected chi connectivity index (χ0v) is 12.2. The molecule has 1 heteroatoms. The van der Waals surface area contributed by atoms with Gasteiger partial charge in [-0.15, -0.1) is 0 Å². The van der Waals surface area contributed by atoms with Crippen molar-refractivity contribution >= 4 is 11.9 Å². The molecule has 0 aromatic heterocycles. The quantitative estimate of drug-likeness (QED) is 0.701. The first-order valence-corrected chi connectivity index (χ1v) is 7.22. The van der Waals surface area contributed by atoms with E-state index in [1.165, 1.54) is 29.5 Å². The molecular formula is C18H23N. The molecule has 0 saturated heterocycles. The Labute approximate surface area is 116 Å². The van der Waals surface area contributed by atoms with E-state index >= 15 is 0 Å². The number of rotatable bonds is 4. The van der Waals surface area contributed by atoms with Gasteiger partial charge in [0.2, 0.25) is 0 Å². The molecule has 1 aliphatic rings. The molecule has 0 saturated carbocycles. The summed E-state index contributed by atoms with van der Waals surface area (Å²) in [5, 5.41) is 0. The van der Waals surface area contributed by atoms with Gasteiger partial charge in [-0.3, -0.25) is 4.99 Å². The first kappa shape index (κ1) is 13.8. The Morgan fingerprint density at radius 3 is 2.79 bits per heavy atom. The van der Waals surface area contributed by atoms with Crippen molar-refractivity contribution in [2.24, 2.45) is 10.9 Å². The van der Waals surface area contributed by atoms with E-state index in [4.69, 9.17) is 0 Å². The fraction of sp³-hybridized carbons (Fsp3) is 0.389. The Bertz CT molecular complexity index is 520. The van der Waals surface area contributed by atoms with Crippen molar-refractivity contribution in [3.05, 3.63) is 53.1 Å². The lowest BCUT2D eigenvalue weighted by molar-refractivity contribution is 0.795. The lowest BCUT2D eigenvalue weighted by atomic mass is 10.0. The van der Waals surface area contributed by atoms with Crippen molar-refractivity contribution in [1.82, 2.24) is 0 Å². The van der Waals surface area contributed by atoms with Gasteiger partial charge in [0.25, 0.3) is 0 Å². The van der Waals surface area contributed by atoms with Gasteiger partial charge in [-0.1, -0.05) is 56.2 Å². The lowest BCUT2D eigenvalue weighted by Gasteiger charge is -2.04. The molecule has 0 amide bonds. The summed E-state index contributed by atoms with van der Waals surface area (Å²) in [5.41, 5.74) is 4.96. The van der Waals surface area contributed by atoms with Gasteiger partial charge in [-0.05, 0) is 37.3 Å². The summed E-state index contributed by atoms with van der Waals surface area (Å²) in [7, 11) is 0. The molecule has 0 bridgehead atoms. The van der Waals surface area contributed by atoms with Crippen LogP contribution in [0.2, 0.25) is 0 Å². The predicted octanol–water partition coefficient (Wildman–Crippen LogP) is 5.17. The molecule has 0 N–H and O–H groups in total. The van der Waals surface area contributed by atoms with E-state index in [9.17, 15) is 0 Å². The highest BCUT2D eigenvalue weighted by Crippen LogP contribution is 2.23. The minimum atomic E-state index is 0.449. The van der Waals surface area contributed by atoms with E-state index in [0.717, 1.165) is 12.1 Å². The van der Waals surface area contributed by atoms with Crippen LogP contribution >= 0.6 is 0 Å². The Morgan fingerprint density at radius 2 is 2.05 bits per heavy atom. The summed E-state index contributed by atoms with van der Waals surface area (Å²) in [6, 6.07) is 8.56. The molecule has 1 aromatic carbocycles. The molecule has 2 rings (SSSR count). The Hall–Kier alpha value is -1.63. The first-order chi connectivity index (χ1) is 9.19. The molecule has 1 nitrogen and oxygen atoms in total. The second-order valence-corrected chi connectivity index (χ2v) is 5.38. The number of allylic oxidation sites excluding steroid dienone is 3. The van der Waals surface area contributed by atoms with E-state index in [-0.39, 0.29) is 0 Å². The number of aryl methyl sites for hydroxylation is 1. The maximum absolute atomic E-state index is 4.69. The third-order valence-electron chi connectivity index (χ3n) is 3.40. The summed E-state index contributed by atoms with van der Waals surface area (Å²) in [5.74, 6) is 0.449. The number of hydrogen-bond donors (Lipinski definition) is 0. The smallest absolute Gasteiger partial charge is 0.0668 e. The van der Waals surface area contributed by atoms with Crippen molar-refractivity contribution < 1.29 is 0 Å². The molecule has 0 spiro atoms. The molecule has 0 unspecified atom stereocenters. The van der Waals surface area contributed by atoms with E-state index in [1.54, 1.807) is 0 Å².